The van der Waals surface area contributed by atoms with E-state index in [4.69, 9.17) is 23.2 Å². The van der Waals surface area contributed by atoms with Crippen LogP contribution in [0.4, 0.5) is 0 Å². The van der Waals surface area contributed by atoms with Crippen LogP contribution in [0.2, 0.25) is 10.0 Å². The zero-order valence-electron chi connectivity index (χ0n) is 10.4. The average molecular weight is 294 g/mol. The Labute approximate surface area is 122 Å². The first-order valence-corrected chi connectivity index (χ1v) is 7.16. The molecular weight excluding hydrogens is 281 g/mol. The summed E-state index contributed by atoms with van der Waals surface area (Å²) >= 11 is 12.1. The van der Waals surface area contributed by atoms with Crippen molar-refractivity contribution in [1.29, 1.82) is 0 Å². The first kappa shape index (κ1) is 12.8. The molecule has 0 spiro atoms. The Balaban J connectivity index is 1.81. The van der Waals surface area contributed by atoms with E-state index in [1.54, 1.807) is 17.0 Å². The van der Waals surface area contributed by atoms with Crippen molar-refractivity contribution >= 4 is 29.1 Å². The quantitative estimate of drug-likeness (QED) is 0.727. The van der Waals surface area contributed by atoms with E-state index in [2.05, 4.69) is 11.8 Å². The molecule has 98 valence electrons. The summed E-state index contributed by atoms with van der Waals surface area (Å²) in [4.78, 5) is 14.1. The highest BCUT2D eigenvalue weighted by Gasteiger charge is 2.26. The molecular formula is C15H13Cl2NO. The number of hydrogen-bond acceptors (Lipinski definition) is 1. The molecule has 1 heterocycles. The first-order valence-electron chi connectivity index (χ1n) is 6.41. The van der Waals surface area contributed by atoms with Crippen molar-refractivity contribution in [2.24, 2.45) is 5.92 Å². The second-order valence-corrected chi connectivity index (χ2v) is 5.83. The summed E-state index contributed by atoms with van der Waals surface area (Å²) in [5.41, 5.74) is 1.53. The normalized spacial score (nSPS) is 17.8. The van der Waals surface area contributed by atoms with Crippen LogP contribution in [0.5, 0.6) is 0 Å². The molecule has 0 unspecified atom stereocenters. The van der Waals surface area contributed by atoms with Gasteiger partial charge in [-0.1, -0.05) is 35.0 Å². The van der Waals surface area contributed by atoms with E-state index in [0.717, 1.165) is 12.0 Å². The number of fused-ring (bicyclic) bond motifs is 1. The summed E-state index contributed by atoms with van der Waals surface area (Å²) in [5, 5.41) is 1.09. The second-order valence-electron chi connectivity index (χ2n) is 4.99. The third kappa shape index (κ3) is 2.73. The van der Waals surface area contributed by atoms with Gasteiger partial charge in [0.1, 0.15) is 0 Å². The van der Waals surface area contributed by atoms with E-state index in [1.807, 2.05) is 0 Å². The van der Waals surface area contributed by atoms with Gasteiger partial charge in [0.2, 0.25) is 0 Å². The van der Waals surface area contributed by atoms with Crippen LogP contribution in [0.25, 0.3) is 0 Å². The van der Waals surface area contributed by atoms with Crippen molar-refractivity contribution in [3.8, 4) is 11.8 Å². The number of rotatable bonds is 1. The smallest absolute Gasteiger partial charge is 0.255 e. The summed E-state index contributed by atoms with van der Waals surface area (Å²) < 4.78 is 0. The fraction of sp³-hybridized carbons (Fsp3) is 0.400. The highest BCUT2D eigenvalue weighted by Crippen LogP contribution is 2.30. The Morgan fingerprint density at radius 2 is 2.11 bits per heavy atom. The van der Waals surface area contributed by atoms with Crippen molar-refractivity contribution in [1.82, 2.24) is 4.90 Å². The molecule has 1 aliphatic carbocycles. The maximum atomic E-state index is 12.4. The van der Waals surface area contributed by atoms with Gasteiger partial charge in [-0.3, -0.25) is 4.79 Å². The summed E-state index contributed by atoms with van der Waals surface area (Å²) in [6.07, 6.45) is 3.17. The minimum Gasteiger partial charge on any atom is -0.327 e. The van der Waals surface area contributed by atoms with E-state index < -0.39 is 0 Å². The van der Waals surface area contributed by atoms with Gasteiger partial charge in [-0.05, 0) is 37.0 Å². The first-order chi connectivity index (χ1) is 9.15. The molecule has 1 saturated carbocycles. The van der Waals surface area contributed by atoms with Crippen molar-refractivity contribution in [3.05, 3.63) is 33.3 Å². The summed E-state index contributed by atoms with van der Waals surface area (Å²) in [5.74, 6) is 6.82. The van der Waals surface area contributed by atoms with E-state index in [0.29, 0.717) is 34.6 Å². The highest BCUT2D eigenvalue weighted by atomic mass is 35.5. The Kier molecular flexibility index (Phi) is 3.43. The molecule has 1 aromatic rings. The molecule has 0 saturated heterocycles. The van der Waals surface area contributed by atoms with E-state index in [-0.39, 0.29) is 5.91 Å². The van der Waals surface area contributed by atoms with Gasteiger partial charge in [-0.2, -0.15) is 0 Å². The van der Waals surface area contributed by atoms with Crippen molar-refractivity contribution < 1.29 is 4.79 Å². The van der Waals surface area contributed by atoms with Crippen LogP contribution in [-0.2, 0) is 6.42 Å². The van der Waals surface area contributed by atoms with Gasteiger partial charge in [0, 0.05) is 28.1 Å². The summed E-state index contributed by atoms with van der Waals surface area (Å²) in [6.45, 7) is 1.17. The third-order valence-corrected chi connectivity index (χ3v) is 4.02. The van der Waals surface area contributed by atoms with Gasteiger partial charge in [0.15, 0.2) is 0 Å². The number of hydrogen-bond donors (Lipinski definition) is 0. The van der Waals surface area contributed by atoms with Crippen LogP contribution in [0.15, 0.2) is 12.1 Å². The molecule has 2 aliphatic rings. The van der Waals surface area contributed by atoms with Crippen molar-refractivity contribution in [2.75, 3.05) is 13.1 Å². The largest absolute Gasteiger partial charge is 0.327 e. The molecule has 1 aliphatic heterocycles. The van der Waals surface area contributed by atoms with Gasteiger partial charge in [0.25, 0.3) is 5.91 Å². The lowest BCUT2D eigenvalue weighted by Gasteiger charge is -2.27. The summed E-state index contributed by atoms with van der Waals surface area (Å²) in [7, 11) is 0. The minimum absolute atomic E-state index is 0.0178. The number of carbonyl (C=O) groups excluding carboxylic acids is 1. The van der Waals surface area contributed by atoms with Crippen molar-refractivity contribution in [3.63, 3.8) is 0 Å². The number of carbonyl (C=O) groups is 1. The minimum atomic E-state index is -0.0178. The molecule has 19 heavy (non-hydrogen) atoms. The fourth-order valence-corrected chi connectivity index (χ4v) is 2.82. The van der Waals surface area contributed by atoms with Gasteiger partial charge in [-0.25, -0.2) is 0 Å². The van der Waals surface area contributed by atoms with Crippen LogP contribution < -0.4 is 0 Å². The monoisotopic (exact) mass is 293 g/mol. The maximum Gasteiger partial charge on any atom is 0.255 e. The van der Waals surface area contributed by atoms with Crippen molar-refractivity contribution in [2.45, 2.75) is 19.3 Å². The average Bonchev–Trinajstić information content (AvgIpc) is 3.17. The summed E-state index contributed by atoms with van der Waals surface area (Å²) in [6, 6.07) is 3.39. The SMILES string of the molecule is O=C1c2cc(Cl)cc(Cl)c2CCN1CC#CC1CC1. The topological polar surface area (TPSA) is 20.3 Å². The molecule has 0 atom stereocenters. The number of amides is 1. The Morgan fingerprint density at radius 3 is 2.84 bits per heavy atom. The highest BCUT2D eigenvalue weighted by molar-refractivity contribution is 6.35. The van der Waals surface area contributed by atoms with E-state index >= 15 is 0 Å². The Hall–Kier alpha value is -1.17. The van der Waals surface area contributed by atoms with Crippen LogP contribution in [0.3, 0.4) is 0 Å². The standard InChI is InChI=1S/C15H13Cl2NO/c16-11-8-13-12(14(17)9-11)5-7-18(15(13)19)6-1-2-10-3-4-10/h8-10H,3-7H2. The molecule has 4 heteroatoms. The predicted molar refractivity (Wildman–Crippen MR) is 76.6 cm³/mol. The molecule has 1 aromatic carbocycles. The van der Waals surface area contributed by atoms with Gasteiger partial charge in [-0.15, -0.1) is 0 Å². The molecule has 0 bridgehead atoms. The van der Waals surface area contributed by atoms with Gasteiger partial charge < -0.3 is 4.90 Å². The Bertz CT molecular complexity index is 596. The van der Waals surface area contributed by atoms with Gasteiger partial charge in [0.05, 0.1) is 6.54 Å². The lowest BCUT2D eigenvalue weighted by molar-refractivity contribution is 0.0762. The van der Waals surface area contributed by atoms with Crippen LogP contribution >= 0.6 is 23.2 Å². The number of halogens is 2. The van der Waals surface area contributed by atoms with Gasteiger partial charge >= 0.3 is 0 Å². The fourth-order valence-electron chi connectivity index (χ4n) is 2.23. The van der Waals surface area contributed by atoms with Crippen LogP contribution in [-0.4, -0.2) is 23.9 Å². The predicted octanol–water partition coefficient (Wildman–Crippen LogP) is 3.41. The lowest BCUT2D eigenvalue weighted by atomic mass is 9.99. The molecule has 3 rings (SSSR count). The Morgan fingerprint density at radius 1 is 1.32 bits per heavy atom. The number of nitrogens with zero attached hydrogens (tertiary/aromatic N) is 1. The molecule has 0 N–H and O–H groups in total. The maximum absolute atomic E-state index is 12.4. The van der Waals surface area contributed by atoms with E-state index in [1.165, 1.54) is 12.8 Å². The van der Waals surface area contributed by atoms with Crippen LogP contribution in [0, 0.1) is 17.8 Å². The second kappa shape index (κ2) is 5.07. The molecule has 0 radical (unpaired) electrons. The lowest BCUT2D eigenvalue weighted by Crippen LogP contribution is -2.38. The zero-order valence-corrected chi connectivity index (χ0v) is 11.9. The van der Waals surface area contributed by atoms with Crippen LogP contribution in [0.1, 0.15) is 28.8 Å². The molecule has 2 nitrogen and oxygen atoms in total. The molecule has 1 amide bonds. The van der Waals surface area contributed by atoms with E-state index in [9.17, 15) is 4.79 Å². The number of benzene rings is 1. The zero-order chi connectivity index (χ0) is 13.4. The third-order valence-electron chi connectivity index (χ3n) is 3.46. The molecule has 0 aromatic heterocycles. The molecule has 1 fully saturated rings.